The summed E-state index contributed by atoms with van der Waals surface area (Å²) in [5.74, 6) is -0.280. The van der Waals surface area contributed by atoms with E-state index in [0.29, 0.717) is 0 Å². The number of hydrogen-bond acceptors (Lipinski definition) is 2. The van der Waals surface area contributed by atoms with Gasteiger partial charge in [-0.2, -0.15) is 0 Å². The lowest BCUT2D eigenvalue weighted by Crippen LogP contribution is -2.48. The number of carbonyl (C=O) groups excluding carboxylic acids is 1. The molecule has 1 fully saturated rings. The number of aromatic nitrogens is 1. The van der Waals surface area contributed by atoms with Crippen LogP contribution in [0.15, 0.2) is 17.1 Å². The topological polar surface area (TPSA) is 62.0 Å². The molecule has 0 radical (unpaired) electrons. The van der Waals surface area contributed by atoms with Crippen LogP contribution in [0.25, 0.3) is 0 Å². The number of carbonyl (C=O) groups is 1. The highest BCUT2D eigenvalue weighted by Crippen LogP contribution is 2.31. The highest BCUT2D eigenvalue weighted by Gasteiger charge is 2.34. The number of H-pyrrole nitrogens is 1. The normalized spacial score (nSPS) is 17.7. The second kappa shape index (κ2) is 5.26. The van der Waals surface area contributed by atoms with Gasteiger partial charge in [-0.05, 0) is 19.8 Å². The van der Waals surface area contributed by atoms with E-state index in [0.717, 1.165) is 36.7 Å². The average molecular weight is 313 g/mol. The van der Waals surface area contributed by atoms with Gasteiger partial charge in [-0.3, -0.25) is 9.59 Å². The molecule has 0 unspecified atom stereocenters. The Hall–Kier alpha value is -1.10. The number of nitrogens with one attached hydrogen (secondary N) is 2. The van der Waals surface area contributed by atoms with Crippen molar-refractivity contribution in [1.82, 2.24) is 10.3 Å². The molecular weight excluding hydrogens is 296 g/mol. The van der Waals surface area contributed by atoms with Crippen molar-refractivity contribution in [2.45, 2.75) is 38.1 Å². The minimum absolute atomic E-state index is 0.186. The van der Waals surface area contributed by atoms with Crippen LogP contribution < -0.4 is 10.7 Å². The zero-order valence-corrected chi connectivity index (χ0v) is 12.0. The summed E-state index contributed by atoms with van der Waals surface area (Å²) in [6.45, 7) is 1.79. The number of alkyl halides is 1. The Kier molecular flexibility index (Phi) is 3.90. The van der Waals surface area contributed by atoms with Crippen LogP contribution in [0.5, 0.6) is 0 Å². The second-order valence-corrected chi connectivity index (χ2v) is 5.53. The largest absolute Gasteiger partial charge is 0.364 e. The van der Waals surface area contributed by atoms with Crippen LogP contribution in [0.2, 0.25) is 0 Å². The molecule has 2 rings (SSSR count). The first-order valence-electron chi connectivity index (χ1n) is 6.14. The lowest BCUT2D eigenvalue weighted by molar-refractivity contribution is 0.0909. The van der Waals surface area contributed by atoms with Crippen LogP contribution in [-0.4, -0.2) is 21.8 Å². The van der Waals surface area contributed by atoms with Crippen molar-refractivity contribution >= 4 is 21.8 Å². The molecule has 2 N–H and O–H groups in total. The Labute approximate surface area is 114 Å². The van der Waals surface area contributed by atoms with Crippen molar-refractivity contribution in [3.8, 4) is 0 Å². The zero-order valence-electron chi connectivity index (χ0n) is 10.4. The highest BCUT2D eigenvalue weighted by atomic mass is 79.9. The summed E-state index contributed by atoms with van der Waals surface area (Å²) in [7, 11) is 0. The summed E-state index contributed by atoms with van der Waals surface area (Å²) in [6, 6.07) is 1.45. The smallest absolute Gasteiger partial charge is 0.257 e. The van der Waals surface area contributed by atoms with E-state index in [1.165, 1.54) is 12.3 Å². The minimum atomic E-state index is -0.280. The molecule has 0 saturated heterocycles. The van der Waals surface area contributed by atoms with Gasteiger partial charge in [0.15, 0.2) is 5.43 Å². The van der Waals surface area contributed by atoms with E-state index in [9.17, 15) is 9.59 Å². The number of hydrogen-bond donors (Lipinski definition) is 2. The van der Waals surface area contributed by atoms with Gasteiger partial charge in [-0.25, -0.2) is 0 Å². The molecule has 1 aliphatic carbocycles. The summed E-state index contributed by atoms with van der Waals surface area (Å²) in [6.07, 6.45) is 5.66. The molecule has 1 aromatic rings. The molecule has 4 nitrogen and oxygen atoms in total. The van der Waals surface area contributed by atoms with E-state index in [2.05, 4.69) is 26.2 Å². The fourth-order valence-electron chi connectivity index (χ4n) is 2.40. The maximum atomic E-state index is 12.1. The number of pyridine rings is 1. The number of amides is 1. The summed E-state index contributed by atoms with van der Waals surface area (Å²) < 4.78 is 0. The molecule has 98 valence electrons. The van der Waals surface area contributed by atoms with Crippen molar-refractivity contribution in [2.24, 2.45) is 0 Å². The quantitative estimate of drug-likeness (QED) is 0.840. The van der Waals surface area contributed by atoms with Gasteiger partial charge < -0.3 is 10.3 Å². The third-order valence-corrected chi connectivity index (χ3v) is 4.57. The first kappa shape index (κ1) is 13.3. The SMILES string of the molecule is Cc1cc(=O)c(C(=O)NC2(CBr)CCCC2)c[nH]1. The maximum absolute atomic E-state index is 12.1. The number of halogens is 1. The van der Waals surface area contributed by atoms with Crippen LogP contribution in [0.1, 0.15) is 41.7 Å². The molecule has 1 aromatic heterocycles. The molecule has 1 amide bonds. The molecule has 1 aliphatic rings. The van der Waals surface area contributed by atoms with Gasteiger partial charge in [0.25, 0.3) is 5.91 Å². The zero-order chi connectivity index (χ0) is 13.2. The minimum Gasteiger partial charge on any atom is -0.364 e. The van der Waals surface area contributed by atoms with Crippen molar-refractivity contribution in [3.63, 3.8) is 0 Å². The predicted octanol–water partition coefficient (Wildman–Crippen LogP) is 2.12. The van der Waals surface area contributed by atoms with E-state index < -0.39 is 0 Å². The van der Waals surface area contributed by atoms with E-state index in [-0.39, 0.29) is 22.4 Å². The van der Waals surface area contributed by atoms with E-state index in [4.69, 9.17) is 0 Å². The van der Waals surface area contributed by atoms with E-state index >= 15 is 0 Å². The summed E-state index contributed by atoms with van der Waals surface area (Å²) >= 11 is 3.46. The van der Waals surface area contributed by atoms with Crippen molar-refractivity contribution < 1.29 is 4.79 Å². The summed E-state index contributed by atoms with van der Waals surface area (Å²) in [4.78, 5) is 26.8. The van der Waals surface area contributed by atoms with Gasteiger partial charge in [-0.15, -0.1) is 0 Å². The van der Waals surface area contributed by atoms with Crippen LogP contribution in [-0.2, 0) is 0 Å². The number of aromatic amines is 1. The second-order valence-electron chi connectivity index (χ2n) is 4.97. The van der Waals surface area contributed by atoms with Gasteiger partial charge in [0.2, 0.25) is 0 Å². The maximum Gasteiger partial charge on any atom is 0.257 e. The van der Waals surface area contributed by atoms with E-state index in [1.54, 1.807) is 6.92 Å². The Balaban J connectivity index is 2.19. The molecule has 1 saturated carbocycles. The molecule has 18 heavy (non-hydrogen) atoms. The molecule has 0 aromatic carbocycles. The first-order chi connectivity index (χ1) is 8.56. The third-order valence-electron chi connectivity index (χ3n) is 3.50. The fourth-order valence-corrected chi connectivity index (χ4v) is 3.10. The van der Waals surface area contributed by atoms with Gasteiger partial charge in [0.1, 0.15) is 5.56 Å². The molecule has 5 heteroatoms. The number of aryl methyl sites for hydroxylation is 1. The average Bonchev–Trinajstić information content (AvgIpc) is 2.78. The van der Waals surface area contributed by atoms with E-state index in [1.807, 2.05) is 0 Å². The van der Waals surface area contributed by atoms with Crippen LogP contribution in [0, 0.1) is 6.92 Å². The molecule has 0 spiro atoms. The molecule has 0 bridgehead atoms. The Morgan fingerprint density at radius 2 is 2.17 bits per heavy atom. The monoisotopic (exact) mass is 312 g/mol. The van der Waals surface area contributed by atoms with Crippen LogP contribution in [0.4, 0.5) is 0 Å². The predicted molar refractivity (Wildman–Crippen MR) is 74.3 cm³/mol. The molecule has 0 atom stereocenters. The third kappa shape index (κ3) is 2.66. The number of rotatable bonds is 3. The Morgan fingerprint density at radius 1 is 1.50 bits per heavy atom. The lowest BCUT2D eigenvalue weighted by Gasteiger charge is -2.27. The first-order valence-corrected chi connectivity index (χ1v) is 7.26. The van der Waals surface area contributed by atoms with Crippen molar-refractivity contribution in [1.29, 1.82) is 0 Å². The summed E-state index contributed by atoms with van der Waals surface area (Å²) in [5, 5.41) is 3.74. The van der Waals surface area contributed by atoms with Crippen LogP contribution >= 0.6 is 15.9 Å². The van der Waals surface area contributed by atoms with Crippen LogP contribution in [0.3, 0.4) is 0 Å². The molecular formula is C13H17BrN2O2. The van der Waals surface area contributed by atoms with Gasteiger partial charge in [0, 0.05) is 23.3 Å². The van der Waals surface area contributed by atoms with Crippen molar-refractivity contribution in [2.75, 3.05) is 5.33 Å². The summed E-state index contributed by atoms with van der Waals surface area (Å²) in [5.41, 5.74) is 0.529. The highest BCUT2D eigenvalue weighted by molar-refractivity contribution is 9.09. The Morgan fingerprint density at radius 3 is 2.72 bits per heavy atom. The Bertz CT molecular complexity index is 504. The molecule has 1 heterocycles. The van der Waals surface area contributed by atoms with Gasteiger partial charge >= 0.3 is 0 Å². The fraction of sp³-hybridized carbons (Fsp3) is 0.538. The molecule has 0 aliphatic heterocycles. The lowest BCUT2D eigenvalue weighted by atomic mass is 10.00. The standard InChI is InChI=1S/C13H17BrN2O2/c1-9-6-11(17)10(7-15-9)12(18)16-13(8-14)4-2-3-5-13/h6-7H,2-5,8H2,1H3,(H,15,17)(H,16,18). The van der Waals surface area contributed by atoms with Crippen molar-refractivity contribution in [3.05, 3.63) is 33.7 Å². The van der Waals surface area contributed by atoms with Gasteiger partial charge in [-0.1, -0.05) is 28.8 Å². The van der Waals surface area contributed by atoms with Gasteiger partial charge in [0.05, 0.1) is 5.54 Å².